The van der Waals surface area contributed by atoms with Gasteiger partial charge in [0.1, 0.15) is 11.3 Å². The third-order valence-electron chi connectivity index (χ3n) is 3.01. The van der Waals surface area contributed by atoms with E-state index in [1.54, 1.807) is 0 Å². The summed E-state index contributed by atoms with van der Waals surface area (Å²) in [4.78, 5) is 26.5. The SMILES string of the molecule is O=C(NC1(C(=O)O)CCC1)c1ccncc1O. The molecular weight excluding hydrogens is 224 g/mol. The van der Waals surface area contributed by atoms with Crippen LogP contribution in [0, 0.1) is 0 Å². The topological polar surface area (TPSA) is 99.5 Å². The highest BCUT2D eigenvalue weighted by atomic mass is 16.4. The number of carboxylic acids is 1. The van der Waals surface area contributed by atoms with Crippen LogP contribution in [0.3, 0.4) is 0 Å². The first-order chi connectivity index (χ1) is 8.05. The van der Waals surface area contributed by atoms with Gasteiger partial charge in [-0.25, -0.2) is 4.79 Å². The molecule has 0 spiro atoms. The number of pyridine rings is 1. The van der Waals surface area contributed by atoms with Crippen LogP contribution in [0.1, 0.15) is 29.6 Å². The van der Waals surface area contributed by atoms with Gasteiger partial charge in [0.25, 0.3) is 5.91 Å². The van der Waals surface area contributed by atoms with E-state index < -0.39 is 17.4 Å². The summed E-state index contributed by atoms with van der Waals surface area (Å²) in [5, 5.41) is 21.0. The summed E-state index contributed by atoms with van der Waals surface area (Å²) in [6.45, 7) is 0. The summed E-state index contributed by atoms with van der Waals surface area (Å²) in [5.41, 5.74) is -1.14. The van der Waals surface area contributed by atoms with Gasteiger partial charge >= 0.3 is 5.97 Å². The number of carbonyl (C=O) groups is 2. The van der Waals surface area contributed by atoms with Gasteiger partial charge in [0.2, 0.25) is 0 Å². The lowest BCUT2D eigenvalue weighted by Gasteiger charge is -2.38. The van der Waals surface area contributed by atoms with Crippen molar-refractivity contribution in [1.29, 1.82) is 0 Å². The van der Waals surface area contributed by atoms with E-state index in [9.17, 15) is 14.7 Å². The first-order valence-electron chi connectivity index (χ1n) is 5.24. The zero-order valence-corrected chi connectivity index (χ0v) is 9.01. The number of aromatic hydroxyl groups is 1. The predicted octanol–water partition coefficient (Wildman–Crippen LogP) is 0.524. The molecule has 0 bridgehead atoms. The highest BCUT2D eigenvalue weighted by Crippen LogP contribution is 2.32. The number of amides is 1. The zero-order valence-electron chi connectivity index (χ0n) is 9.01. The predicted molar refractivity (Wildman–Crippen MR) is 57.6 cm³/mol. The number of nitrogens with zero attached hydrogens (tertiary/aromatic N) is 1. The van der Waals surface area contributed by atoms with Crippen molar-refractivity contribution < 1.29 is 19.8 Å². The molecule has 1 aliphatic rings. The Bertz CT molecular complexity index is 468. The number of hydrogen-bond donors (Lipinski definition) is 3. The molecular formula is C11H12N2O4. The van der Waals surface area contributed by atoms with Crippen LogP contribution in [0.25, 0.3) is 0 Å². The van der Waals surface area contributed by atoms with Crippen molar-refractivity contribution in [3.8, 4) is 5.75 Å². The van der Waals surface area contributed by atoms with E-state index in [0.29, 0.717) is 12.8 Å². The Balaban J connectivity index is 2.17. The van der Waals surface area contributed by atoms with E-state index in [1.165, 1.54) is 12.3 Å². The Morgan fingerprint density at radius 1 is 1.41 bits per heavy atom. The lowest BCUT2D eigenvalue weighted by molar-refractivity contribution is -0.148. The fourth-order valence-electron chi connectivity index (χ4n) is 1.79. The second-order valence-corrected chi connectivity index (χ2v) is 4.09. The maximum absolute atomic E-state index is 11.8. The third-order valence-corrected chi connectivity index (χ3v) is 3.01. The van der Waals surface area contributed by atoms with E-state index in [-0.39, 0.29) is 11.3 Å². The molecule has 0 atom stereocenters. The van der Waals surface area contributed by atoms with Crippen molar-refractivity contribution in [1.82, 2.24) is 10.3 Å². The van der Waals surface area contributed by atoms with Crippen molar-refractivity contribution in [2.24, 2.45) is 0 Å². The van der Waals surface area contributed by atoms with Crippen LogP contribution >= 0.6 is 0 Å². The van der Waals surface area contributed by atoms with Crippen LogP contribution < -0.4 is 5.32 Å². The Kier molecular flexibility index (Phi) is 2.71. The van der Waals surface area contributed by atoms with Crippen molar-refractivity contribution in [3.05, 3.63) is 24.0 Å². The van der Waals surface area contributed by atoms with Crippen LogP contribution in [-0.2, 0) is 4.79 Å². The van der Waals surface area contributed by atoms with E-state index in [4.69, 9.17) is 5.11 Å². The first-order valence-corrected chi connectivity index (χ1v) is 5.24. The van der Waals surface area contributed by atoms with Gasteiger partial charge < -0.3 is 15.5 Å². The molecule has 0 aliphatic heterocycles. The smallest absolute Gasteiger partial charge is 0.329 e. The molecule has 1 aromatic heterocycles. The summed E-state index contributed by atoms with van der Waals surface area (Å²) in [6.07, 6.45) is 4.11. The van der Waals surface area contributed by atoms with Gasteiger partial charge in [-0.15, -0.1) is 0 Å². The highest BCUT2D eigenvalue weighted by Gasteiger charge is 2.45. The van der Waals surface area contributed by atoms with Crippen molar-refractivity contribution in [2.75, 3.05) is 0 Å². The van der Waals surface area contributed by atoms with Gasteiger partial charge in [-0.3, -0.25) is 9.78 Å². The van der Waals surface area contributed by atoms with Crippen LogP contribution in [0.2, 0.25) is 0 Å². The normalized spacial score (nSPS) is 16.9. The molecule has 3 N–H and O–H groups in total. The molecule has 6 nitrogen and oxygen atoms in total. The maximum Gasteiger partial charge on any atom is 0.329 e. The molecule has 1 saturated carbocycles. The minimum absolute atomic E-state index is 0.0347. The van der Waals surface area contributed by atoms with Gasteiger partial charge in [0, 0.05) is 6.20 Å². The Hall–Kier alpha value is -2.11. The summed E-state index contributed by atoms with van der Waals surface area (Å²) in [7, 11) is 0. The zero-order chi connectivity index (χ0) is 12.5. The Morgan fingerprint density at radius 2 is 2.12 bits per heavy atom. The summed E-state index contributed by atoms with van der Waals surface area (Å²) in [5.74, 6) is -1.89. The van der Waals surface area contributed by atoms with Gasteiger partial charge in [0.05, 0.1) is 11.8 Å². The fourth-order valence-corrected chi connectivity index (χ4v) is 1.79. The third kappa shape index (κ3) is 1.93. The van der Waals surface area contributed by atoms with E-state index in [0.717, 1.165) is 12.6 Å². The summed E-state index contributed by atoms with van der Waals surface area (Å²) >= 11 is 0. The highest BCUT2D eigenvalue weighted by molar-refractivity contribution is 6.00. The molecule has 6 heteroatoms. The lowest BCUT2D eigenvalue weighted by Crippen LogP contribution is -2.59. The number of nitrogens with one attached hydrogen (secondary N) is 1. The molecule has 90 valence electrons. The van der Waals surface area contributed by atoms with Gasteiger partial charge in [0.15, 0.2) is 0 Å². The van der Waals surface area contributed by atoms with Crippen molar-refractivity contribution in [2.45, 2.75) is 24.8 Å². The van der Waals surface area contributed by atoms with Crippen LogP contribution in [0.15, 0.2) is 18.5 Å². The minimum Gasteiger partial charge on any atom is -0.505 e. The number of carbonyl (C=O) groups excluding carboxylic acids is 1. The van der Waals surface area contributed by atoms with Crippen molar-refractivity contribution >= 4 is 11.9 Å². The van der Waals surface area contributed by atoms with Gasteiger partial charge in [-0.1, -0.05) is 0 Å². The van der Waals surface area contributed by atoms with Gasteiger partial charge in [-0.2, -0.15) is 0 Å². The average Bonchev–Trinajstić information content (AvgIpc) is 2.23. The number of aromatic nitrogens is 1. The Labute approximate surface area is 97.3 Å². The van der Waals surface area contributed by atoms with E-state index in [2.05, 4.69) is 10.3 Å². The van der Waals surface area contributed by atoms with Gasteiger partial charge in [-0.05, 0) is 25.3 Å². The molecule has 1 aliphatic carbocycles. The largest absolute Gasteiger partial charge is 0.505 e. The fraction of sp³-hybridized carbons (Fsp3) is 0.364. The second-order valence-electron chi connectivity index (χ2n) is 4.09. The molecule has 1 heterocycles. The van der Waals surface area contributed by atoms with E-state index in [1.807, 2.05) is 0 Å². The maximum atomic E-state index is 11.8. The molecule has 0 radical (unpaired) electrons. The molecule has 0 aromatic carbocycles. The Morgan fingerprint density at radius 3 is 2.59 bits per heavy atom. The molecule has 1 aromatic rings. The summed E-state index contributed by atoms with van der Waals surface area (Å²) in [6, 6.07) is 1.35. The minimum atomic E-state index is -1.17. The van der Waals surface area contributed by atoms with Crippen molar-refractivity contribution in [3.63, 3.8) is 0 Å². The number of carboxylic acid groups (broad SMARTS) is 1. The monoisotopic (exact) mass is 236 g/mol. The van der Waals surface area contributed by atoms with Crippen LogP contribution in [0.4, 0.5) is 0 Å². The number of rotatable bonds is 3. The molecule has 1 fully saturated rings. The van der Waals surface area contributed by atoms with Crippen LogP contribution in [-0.4, -0.2) is 32.6 Å². The molecule has 1 amide bonds. The number of hydrogen-bond acceptors (Lipinski definition) is 4. The van der Waals surface area contributed by atoms with Crippen LogP contribution in [0.5, 0.6) is 5.75 Å². The van der Waals surface area contributed by atoms with E-state index >= 15 is 0 Å². The standard InChI is InChI=1S/C11H12N2O4/c14-8-6-12-5-2-7(8)9(15)13-11(10(16)17)3-1-4-11/h2,5-6,14H,1,3-4H2,(H,13,15)(H,16,17). The molecule has 0 unspecified atom stereocenters. The molecule has 0 saturated heterocycles. The summed E-state index contributed by atoms with van der Waals surface area (Å²) < 4.78 is 0. The lowest BCUT2D eigenvalue weighted by atomic mass is 9.76. The average molecular weight is 236 g/mol. The second kappa shape index (κ2) is 4.04. The molecule has 17 heavy (non-hydrogen) atoms. The first kappa shape index (κ1) is 11.4. The quantitative estimate of drug-likeness (QED) is 0.710. The molecule has 2 rings (SSSR count). The number of aliphatic carboxylic acids is 1.